The number of rotatable bonds is 4. The summed E-state index contributed by atoms with van der Waals surface area (Å²) < 4.78 is 0. The molecule has 0 aromatic heterocycles. The first-order chi connectivity index (χ1) is 7.83. The molecular weight excluding hydrogens is 196 g/mol. The number of benzene rings is 1. The van der Waals surface area contributed by atoms with Gasteiger partial charge in [-0.05, 0) is 24.8 Å². The van der Waals surface area contributed by atoms with Crippen LogP contribution in [0.1, 0.15) is 30.7 Å². The number of nitrogens with one attached hydrogen (secondary N) is 1. The van der Waals surface area contributed by atoms with Crippen molar-refractivity contribution in [3.05, 3.63) is 35.9 Å². The third kappa shape index (κ3) is 1.83. The lowest BCUT2D eigenvalue weighted by Gasteiger charge is -2.07. The highest BCUT2D eigenvalue weighted by Crippen LogP contribution is 2.46. The van der Waals surface area contributed by atoms with Gasteiger partial charge < -0.3 is 5.32 Å². The van der Waals surface area contributed by atoms with Crippen LogP contribution in [0.15, 0.2) is 30.3 Å². The Kier molecular flexibility index (Phi) is 2.22. The highest BCUT2D eigenvalue weighted by atomic mass is 15.0. The summed E-state index contributed by atoms with van der Waals surface area (Å²) in [5.41, 5.74) is 1.42. The maximum absolute atomic E-state index is 8.98. The summed E-state index contributed by atoms with van der Waals surface area (Å²) in [7, 11) is 0. The molecule has 0 bridgehead atoms. The van der Waals surface area contributed by atoms with E-state index in [1.165, 1.54) is 12.0 Å². The lowest BCUT2D eigenvalue weighted by Crippen LogP contribution is -2.25. The van der Waals surface area contributed by atoms with Gasteiger partial charge in [0.1, 0.15) is 0 Å². The van der Waals surface area contributed by atoms with E-state index in [2.05, 4.69) is 41.7 Å². The predicted molar refractivity (Wildman–Crippen MR) is 62.9 cm³/mol. The second-order valence-corrected chi connectivity index (χ2v) is 5.13. The van der Waals surface area contributed by atoms with Gasteiger partial charge in [-0.3, -0.25) is 0 Å². The molecule has 0 aliphatic heterocycles. The van der Waals surface area contributed by atoms with Crippen LogP contribution in [0.2, 0.25) is 0 Å². The average Bonchev–Trinajstić information content (AvgIpc) is 3.23. The van der Waals surface area contributed by atoms with E-state index < -0.39 is 0 Å². The molecule has 2 aliphatic carbocycles. The van der Waals surface area contributed by atoms with E-state index in [1.807, 2.05) is 0 Å². The normalized spacial score (nSPS) is 29.4. The molecule has 2 saturated carbocycles. The second-order valence-electron chi connectivity index (χ2n) is 5.13. The van der Waals surface area contributed by atoms with Gasteiger partial charge in [-0.25, -0.2) is 0 Å². The minimum absolute atomic E-state index is 0.0101. The van der Waals surface area contributed by atoms with Gasteiger partial charge in [0.05, 0.1) is 11.5 Å². The van der Waals surface area contributed by atoms with Gasteiger partial charge in [0.15, 0.2) is 0 Å². The molecule has 1 aromatic rings. The van der Waals surface area contributed by atoms with Crippen molar-refractivity contribution in [1.29, 1.82) is 5.26 Å². The Morgan fingerprint density at radius 1 is 1.31 bits per heavy atom. The lowest BCUT2D eigenvalue weighted by atomic mass is 10.1. The number of nitrogens with zero attached hydrogens (tertiary/aromatic N) is 1. The molecule has 1 aromatic carbocycles. The maximum atomic E-state index is 8.98. The third-order valence-corrected chi connectivity index (χ3v) is 3.81. The van der Waals surface area contributed by atoms with Crippen molar-refractivity contribution in [2.45, 2.75) is 31.2 Å². The van der Waals surface area contributed by atoms with Crippen LogP contribution in [0.4, 0.5) is 0 Å². The van der Waals surface area contributed by atoms with E-state index in [0.29, 0.717) is 12.0 Å². The van der Waals surface area contributed by atoms with Crippen LogP contribution in [0.25, 0.3) is 0 Å². The summed E-state index contributed by atoms with van der Waals surface area (Å²) in [6.07, 6.45) is 3.39. The van der Waals surface area contributed by atoms with Gasteiger partial charge in [0.25, 0.3) is 0 Å². The standard InChI is InChI=1S/C14H16N2/c15-9-14(6-7-14)10-16-13-8-12(13)11-4-2-1-3-5-11/h1-5,12-13,16H,6-8,10H2/t12-,13+/m0/s1. The smallest absolute Gasteiger partial charge is 0.0703 e. The molecule has 0 amide bonds. The quantitative estimate of drug-likeness (QED) is 0.832. The highest BCUT2D eigenvalue weighted by Gasteiger charge is 2.46. The minimum Gasteiger partial charge on any atom is -0.312 e. The number of nitriles is 1. The molecule has 0 heterocycles. The molecule has 0 unspecified atom stereocenters. The summed E-state index contributed by atoms with van der Waals surface area (Å²) >= 11 is 0. The molecular formula is C14H16N2. The minimum atomic E-state index is -0.0101. The molecule has 16 heavy (non-hydrogen) atoms. The summed E-state index contributed by atoms with van der Waals surface area (Å²) in [6, 6.07) is 13.7. The van der Waals surface area contributed by atoms with Crippen LogP contribution in [-0.2, 0) is 0 Å². The molecule has 1 N–H and O–H groups in total. The van der Waals surface area contributed by atoms with Crippen molar-refractivity contribution in [3.63, 3.8) is 0 Å². The van der Waals surface area contributed by atoms with Crippen LogP contribution < -0.4 is 5.32 Å². The fourth-order valence-corrected chi connectivity index (χ4v) is 2.29. The lowest BCUT2D eigenvalue weighted by molar-refractivity contribution is 0.550. The zero-order valence-electron chi connectivity index (χ0n) is 9.32. The zero-order valence-corrected chi connectivity index (χ0v) is 9.32. The Morgan fingerprint density at radius 2 is 2.06 bits per heavy atom. The molecule has 0 saturated heterocycles. The molecule has 82 valence electrons. The maximum Gasteiger partial charge on any atom is 0.0703 e. The van der Waals surface area contributed by atoms with E-state index in [4.69, 9.17) is 5.26 Å². The molecule has 0 spiro atoms. The molecule has 2 atom stereocenters. The van der Waals surface area contributed by atoms with Crippen LogP contribution in [-0.4, -0.2) is 12.6 Å². The number of hydrogen-bond donors (Lipinski definition) is 1. The first kappa shape index (κ1) is 9.86. The average molecular weight is 212 g/mol. The largest absolute Gasteiger partial charge is 0.312 e. The summed E-state index contributed by atoms with van der Waals surface area (Å²) in [4.78, 5) is 0. The van der Waals surface area contributed by atoms with E-state index in [-0.39, 0.29) is 5.41 Å². The van der Waals surface area contributed by atoms with Gasteiger partial charge in [-0.1, -0.05) is 30.3 Å². The Morgan fingerprint density at radius 3 is 2.69 bits per heavy atom. The van der Waals surface area contributed by atoms with Crippen LogP contribution in [0.5, 0.6) is 0 Å². The van der Waals surface area contributed by atoms with Crippen molar-refractivity contribution in [2.24, 2.45) is 5.41 Å². The molecule has 2 aliphatic rings. The molecule has 3 rings (SSSR count). The van der Waals surface area contributed by atoms with Crippen LogP contribution in [0.3, 0.4) is 0 Å². The Bertz CT molecular complexity index is 414. The first-order valence-electron chi connectivity index (χ1n) is 6.03. The van der Waals surface area contributed by atoms with Gasteiger partial charge in [0, 0.05) is 18.5 Å². The predicted octanol–water partition coefficient (Wildman–Crippen LogP) is 2.44. The van der Waals surface area contributed by atoms with Gasteiger partial charge in [-0.2, -0.15) is 5.26 Å². The van der Waals surface area contributed by atoms with E-state index in [0.717, 1.165) is 19.4 Å². The SMILES string of the molecule is N#CC1(CN[C@@H]2C[C@H]2c2ccccc2)CC1. The summed E-state index contributed by atoms with van der Waals surface area (Å²) in [5, 5.41) is 12.5. The summed E-state index contributed by atoms with van der Waals surface area (Å²) in [5.74, 6) is 0.677. The van der Waals surface area contributed by atoms with Crippen molar-refractivity contribution in [1.82, 2.24) is 5.32 Å². The van der Waals surface area contributed by atoms with E-state index in [1.54, 1.807) is 0 Å². The van der Waals surface area contributed by atoms with Crippen molar-refractivity contribution in [2.75, 3.05) is 6.54 Å². The van der Waals surface area contributed by atoms with Gasteiger partial charge in [0.2, 0.25) is 0 Å². The van der Waals surface area contributed by atoms with Crippen molar-refractivity contribution in [3.8, 4) is 6.07 Å². The number of hydrogen-bond acceptors (Lipinski definition) is 2. The fourth-order valence-electron chi connectivity index (χ4n) is 2.29. The fraction of sp³-hybridized carbons (Fsp3) is 0.500. The second kappa shape index (κ2) is 3.61. The van der Waals surface area contributed by atoms with Crippen LogP contribution in [0, 0.1) is 16.7 Å². The molecule has 2 fully saturated rings. The Hall–Kier alpha value is -1.33. The molecule has 0 radical (unpaired) electrons. The highest BCUT2D eigenvalue weighted by molar-refractivity contribution is 5.28. The topological polar surface area (TPSA) is 35.8 Å². The summed E-state index contributed by atoms with van der Waals surface area (Å²) in [6.45, 7) is 0.886. The van der Waals surface area contributed by atoms with Crippen molar-refractivity contribution < 1.29 is 0 Å². The van der Waals surface area contributed by atoms with E-state index >= 15 is 0 Å². The Labute approximate surface area is 96.3 Å². The van der Waals surface area contributed by atoms with E-state index in [9.17, 15) is 0 Å². The van der Waals surface area contributed by atoms with Crippen molar-refractivity contribution >= 4 is 0 Å². The molecule has 2 nitrogen and oxygen atoms in total. The first-order valence-corrected chi connectivity index (χ1v) is 6.03. The Balaban J connectivity index is 1.52. The monoisotopic (exact) mass is 212 g/mol. The van der Waals surface area contributed by atoms with Crippen LogP contribution >= 0.6 is 0 Å². The molecule has 2 heteroatoms. The van der Waals surface area contributed by atoms with Gasteiger partial charge >= 0.3 is 0 Å². The zero-order chi connectivity index (χ0) is 11.0. The third-order valence-electron chi connectivity index (χ3n) is 3.81. The van der Waals surface area contributed by atoms with Gasteiger partial charge in [-0.15, -0.1) is 0 Å².